The third-order valence-corrected chi connectivity index (χ3v) is 10.2. The number of unbranched alkanes of at least 4 members (excludes halogenated alkanes) is 22. The number of rotatable bonds is 43. The zero-order chi connectivity index (χ0) is 42.3. The summed E-state index contributed by atoms with van der Waals surface area (Å²) in [6.45, 7) is 6.43. The van der Waals surface area contributed by atoms with Gasteiger partial charge in [-0.25, -0.2) is 0 Å². The van der Waals surface area contributed by atoms with Gasteiger partial charge in [-0.15, -0.1) is 0 Å². The molecule has 0 amide bonds. The van der Waals surface area contributed by atoms with Crippen LogP contribution in [0.5, 0.6) is 0 Å². The van der Waals surface area contributed by atoms with Gasteiger partial charge in [-0.2, -0.15) is 0 Å². The van der Waals surface area contributed by atoms with Crippen molar-refractivity contribution in [2.45, 2.75) is 239 Å². The van der Waals surface area contributed by atoms with Crippen LogP contribution in [0, 0.1) is 0 Å². The van der Waals surface area contributed by atoms with Gasteiger partial charge in [0.25, 0.3) is 0 Å². The molecule has 1 unspecified atom stereocenters. The Morgan fingerprint density at radius 2 is 0.690 bits per heavy atom. The number of carbonyl (C=O) groups excluding carboxylic acids is 3. The first-order valence-electron chi connectivity index (χ1n) is 24.3. The zero-order valence-electron chi connectivity index (χ0n) is 38.0. The number of hydrogen-bond acceptors (Lipinski definition) is 6. The number of esters is 3. The second-order valence-corrected chi connectivity index (χ2v) is 16.0. The Morgan fingerprint density at radius 3 is 1.16 bits per heavy atom. The SMILES string of the molecule is CC/C=C\C/C=C\C/C=C\CCCC(=O)OCC(COC(=O)CCCCCCC/C=C\CCCCCCCCC)OC(=O)CCCCC/C=C\CCCCCCCC. The second-order valence-electron chi connectivity index (χ2n) is 16.0. The number of ether oxygens (including phenoxy) is 3. The minimum atomic E-state index is -0.803. The molecule has 0 aliphatic rings. The van der Waals surface area contributed by atoms with Gasteiger partial charge >= 0.3 is 17.9 Å². The molecule has 0 aliphatic carbocycles. The van der Waals surface area contributed by atoms with Crippen LogP contribution in [0.4, 0.5) is 0 Å². The maximum absolute atomic E-state index is 12.7. The monoisotopic (exact) mass is 811 g/mol. The van der Waals surface area contributed by atoms with Crippen LogP contribution < -0.4 is 0 Å². The number of allylic oxidation sites excluding steroid dienone is 10. The van der Waals surface area contributed by atoms with E-state index in [0.717, 1.165) is 83.5 Å². The average Bonchev–Trinajstić information content (AvgIpc) is 3.22. The summed E-state index contributed by atoms with van der Waals surface area (Å²) in [6.07, 6.45) is 56.4. The Bertz CT molecular complexity index is 1070. The van der Waals surface area contributed by atoms with Crippen molar-refractivity contribution in [2.75, 3.05) is 13.2 Å². The minimum Gasteiger partial charge on any atom is -0.462 e. The highest BCUT2D eigenvalue weighted by Crippen LogP contribution is 2.13. The Hall–Kier alpha value is -2.89. The van der Waals surface area contributed by atoms with Gasteiger partial charge < -0.3 is 14.2 Å². The molecule has 0 radical (unpaired) electrons. The van der Waals surface area contributed by atoms with E-state index in [0.29, 0.717) is 19.3 Å². The third kappa shape index (κ3) is 44.2. The maximum atomic E-state index is 12.7. The van der Waals surface area contributed by atoms with Crippen LogP contribution in [-0.4, -0.2) is 37.2 Å². The molecule has 0 bridgehead atoms. The van der Waals surface area contributed by atoms with Crippen molar-refractivity contribution in [1.82, 2.24) is 0 Å². The first-order chi connectivity index (χ1) is 28.5. The average molecular weight is 811 g/mol. The summed E-state index contributed by atoms with van der Waals surface area (Å²) in [5.41, 5.74) is 0. The normalized spacial score (nSPS) is 12.5. The van der Waals surface area contributed by atoms with E-state index in [4.69, 9.17) is 14.2 Å². The smallest absolute Gasteiger partial charge is 0.306 e. The Balaban J connectivity index is 4.44. The van der Waals surface area contributed by atoms with E-state index < -0.39 is 6.10 Å². The zero-order valence-corrected chi connectivity index (χ0v) is 38.0. The first-order valence-corrected chi connectivity index (χ1v) is 24.3. The highest BCUT2D eigenvalue weighted by molar-refractivity contribution is 5.71. The van der Waals surface area contributed by atoms with E-state index in [9.17, 15) is 14.4 Å². The largest absolute Gasteiger partial charge is 0.462 e. The molecule has 0 fully saturated rings. The predicted octanol–water partition coefficient (Wildman–Crippen LogP) is 15.7. The molecule has 6 nitrogen and oxygen atoms in total. The molecule has 0 rings (SSSR count). The van der Waals surface area contributed by atoms with Crippen molar-refractivity contribution in [3.63, 3.8) is 0 Å². The maximum Gasteiger partial charge on any atom is 0.306 e. The van der Waals surface area contributed by atoms with Gasteiger partial charge in [-0.3, -0.25) is 14.4 Å². The Morgan fingerprint density at radius 1 is 0.362 bits per heavy atom. The highest BCUT2D eigenvalue weighted by Gasteiger charge is 2.19. The van der Waals surface area contributed by atoms with Gasteiger partial charge in [0.05, 0.1) is 0 Å². The number of carbonyl (C=O) groups is 3. The summed E-state index contributed by atoms with van der Waals surface area (Å²) in [6, 6.07) is 0. The Kier molecular flexibility index (Phi) is 44.5. The second kappa shape index (κ2) is 46.8. The fraction of sp³-hybridized carbons (Fsp3) is 0.750. The molecule has 0 aromatic heterocycles. The molecule has 0 saturated heterocycles. The molecule has 0 saturated carbocycles. The van der Waals surface area contributed by atoms with Crippen LogP contribution in [0.3, 0.4) is 0 Å². The summed E-state index contributed by atoms with van der Waals surface area (Å²) in [5.74, 6) is -0.982. The molecule has 1 atom stereocenters. The van der Waals surface area contributed by atoms with Crippen molar-refractivity contribution >= 4 is 17.9 Å². The summed E-state index contributed by atoms with van der Waals surface area (Å²) in [7, 11) is 0. The lowest BCUT2D eigenvalue weighted by atomic mass is 10.1. The summed E-state index contributed by atoms with van der Waals surface area (Å²) < 4.78 is 16.7. The fourth-order valence-electron chi connectivity index (χ4n) is 6.57. The van der Waals surface area contributed by atoms with Gasteiger partial charge in [0.2, 0.25) is 0 Å². The molecule has 6 heteroatoms. The molecular formula is C52H90O6. The van der Waals surface area contributed by atoms with Gasteiger partial charge in [-0.1, -0.05) is 178 Å². The standard InChI is InChI=1S/C52H90O6/c1-4-7-10-13-16-19-22-24-25-26-28-30-33-36-39-42-45-51(54)57-48-49(47-56-50(53)44-41-38-35-32-29-21-18-15-12-9-6-3)58-52(55)46-43-40-37-34-31-27-23-20-17-14-11-8-5-2/h9,12,18,21,25-27,31-32,35,49H,4-8,10-11,13-17,19-20,22-24,28-30,33-34,36-48H2,1-3H3/b12-9-,21-18-,26-25-,31-27-,35-32-. The van der Waals surface area contributed by atoms with Crippen LogP contribution in [0.1, 0.15) is 233 Å². The van der Waals surface area contributed by atoms with Crippen LogP contribution in [0.15, 0.2) is 60.8 Å². The third-order valence-electron chi connectivity index (χ3n) is 10.2. The summed E-state index contributed by atoms with van der Waals surface area (Å²) in [5, 5.41) is 0. The fourth-order valence-corrected chi connectivity index (χ4v) is 6.57. The van der Waals surface area contributed by atoms with E-state index in [1.807, 2.05) is 0 Å². The molecule has 0 heterocycles. The van der Waals surface area contributed by atoms with E-state index in [-0.39, 0.29) is 37.5 Å². The van der Waals surface area contributed by atoms with Gasteiger partial charge in [0.1, 0.15) is 13.2 Å². The van der Waals surface area contributed by atoms with Crippen molar-refractivity contribution in [1.29, 1.82) is 0 Å². The molecule has 0 spiro atoms. The lowest BCUT2D eigenvalue weighted by Crippen LogP contribution is -2.30. The molecular weight excluding hydrogens is 721 g/mol. The van der Waals surface area contributed by atoms with E-state index in [1.54, 1.807) is 0 Å². The van der Waals surface area contributed by atoms with Crippen molar-refractivity contribution < 1.29 is 28.6 Å². The van der Waals surface area contributed by atoms with Gasteiger partial charge in [-0.05, 0) is 96.3 Å². The molecule has 0 aliphatic heterocycles. The van der Waals surface area contributed by atoms with E-state index in [1.165, 1.54) is 103 Å². The Labute approximate surface area is 358 Å². The predicted molar refractivity (Wildman–Crippen MR) is 247 cm³/mol. The molecule has 58 heavy (non-hydrogen) atoms. The highest BCUT2D eigenvalue weighted by atomic mass is 16.6. The molecule has 0 N–H and O–H groups in total. The van der Waals surface area contributed by atoms with E-state index >= 15 is 0 Å². The lowest BCUT2D eigenvalue weighted by Gasteiger charge is -2.18. The molecule has 0 aromatic rings. The van der Waals surface area contributed by atoms with E-state index in [2.05, 4.69) is 81.5 Å². The summed E-state index contributed by atoms with van der Waals surface area (Å²) in [4.78, 5) is 37.8. The number of hydrogen-bond donors (Lipinski definition) is 0. The molecule has 334 valence electrons. The molecule has 0 aromatic carbocycles. The first kappa shape index (κ1) is 55.1. The quantitative estimate of drug-likeness (QED) is 0.0264. The van der Waals surface area contributed by atoms with Crippen molar-refractivity contribution in [3.8, 4) is 0 Å². The minimum absolute atomic E-state index is 0.100. The van der Waals surface area contributed by atoms with Crippen LogP contribution in [-0.2, 0) is 28.6 Å². The van der Waals surface area contributed by atoms with Crippen LogP contribution >= 0.6 is 0 Å². The van der Waals surface area contributed by atoms with Gasteiger partial charge in [0, 0.05) is 19.3 Å². The van der Waals surface area contributed by atoms with Gasteiger partial charge in [0.15, 0.2) is 6.10 Å². The van der Waals surface area contributed by atoms with Crippen LogP contribution in [0.25, 0.3) is 0 Å². The van der Waals surface area contributed by atoms with Crippen molar-refractivity contribution in [3.05, 3.63) is 60.8 Å². The van der Waals surface area contributed by atoms with Crippen molar-refractivity contribution in [2.24, 2.45) is 0 Å². The lowest BCUT2D eigenvalue weighted by molar-refractivity contribution is -0.167. The van der Waals surface area contributed by atoms with Crippen LogP contribution in [0.2, 0.25) is 0 Å². The topological polar surface area (TPSA) is 78.9 Å². The summed E-state index contributed by atoms with van der Waals surface area (Å²) >= 11 is 0.